The molecule has 1 aromatic rings. The van der Waals surface area contributed by atoms with Crippen LogP contribution in [-0.2, 0) is 6.54 Å². The minimum atomic E-state index is 0.653. The molecule has 100 valence electrons. The number of pyridine rings is 1. The highest BCUT2D eigenvalue weighted by atomic mass is 16.5. The number of nitrogens with zero attached hydrogens (tertiary/aromatic N) is 1. The van der Waals surface area contributed by atoms with E-state index in [2.05, 4.69) is 30.7 Å². The summed E-state index contributed by atoms with van der Waals surface area (Å²) in [5, 5.41) is 3.37. The normalized spacial score (nSPS) is 10.7. The predicted octanol–water partition coefficient (Wildman–Crippen LogP) is 3.17. The van der Waals surface area contributed by atoms with Crippen molar-refractivity contribution in [2.24, 2.45) is 5.92 Å². The predicted molar refractivity (Wildman–Crippen MR) is 75.7 cm³/mol. The third kappa shape index (κ3) is 6.40. The lowest BCUT2D eigenvalue weighted by Crippen LogP contribution is -2.19. The second-order valence-corrected chi connectivity index (χ2v) is 5.06. The minimum Gasteiger partial charge on any atom is -0.493 e. The molecule has 0 radical (unpaired) electrons. The molecule has 0 unspecified atom stereocenters. The van der Waals surface area contributed by atoms with Gasteiger partial charge in [0.15, 0.2) is 0 Å². The first kappa shape index (κ1) is 14.7. The first-order valence-corrected chi connectivity index (χ1v) is 6.50. The van der Waals surface area contributed by atoms with Crippen molar-refractivity contribution in [3.05, 3.63) is 36.2 Å². The van der Waals surface area contributed by atoms with Gasteiger partial charge in [0.25, 0.3) is 0 Å². The highest BCUT2D eigenvalue weighted by Gasteiger charge is 1.99. The summed E-state index contributed by atoms with van der Waals surface area (Å²) in [6.07, 6.45) is 2.69. The molecular formula is C15H24N2O. The molecular weight excluding hydrogens is 224 g/mol. The topological polar surface area (TPSA) is 34.1 Å². The maximum Gasteiger partial charge on any atom is 0.122 e. The van der Waals surface area contributed by atoms with E-state index in [0.717, 1.165) is 36.5 Å². The monoisotopic (exact) mass is 248 g/mol. The molecule has 1 N–H and O–H groups in total. The van der Waals surface area contributed by atoms with Crippen LogP contribution in [0.4, 0.5) is 0 Å². The van der Waals surface area contributed by atoms with Crippen LogP contribution in [-0.4, -0.2) is 18.1 Å². The summed E-state index contributed by atoms with van der Waals surface area (Å²) in [6, 6.07) is 3.89. The average Bonchev–Trinajstić information content (AvgIpc) is 2.28. The molecule has 1 aromatic heterocycles. The first-order valence-electron chi connectivity index (χ1n) is 6.50. The third-order valence-corrected chi connectivity index (χ3v) is 2.44. The van der Waals surface area contributed by atoms with Gasteiger partial charge in [-0.15, -0.1) is 6.58 Å². The highest BCUT2D eigenvalue weighted by molar-refractivity contribution is 5.22. The Labute approximate surface area is 110 Å². The van der Waals surface area contributed by atoms with E-state index < -0.39 is 0 Å². The van der Waals surface area contributed by atoms with E-state index in [1.54, 1.807) is 6.20 Å². The zero-order valence-corrected chi connectivity index (χ0v) is 11.7. The molecule has 0 saturated heterocycles. The lowest BCUT2D eigenvalue weighted by atomic mass is 10.2. The van der Waals surface area contributed by atoms with Gasteiger partial charge in [-0.05, 0) is 25.5 Å². The van der Waals surface area contributed by atoms with Gasteiger partial charge in [0.2, 0.25) is 0 Å². The lowest BCUT2D eigenvalue weighted by molar-refractivity contribution is 0.321. The van der Waals surface area contributed by atoms with Crippen molar-refractivity contribution in [1.82, 2.24) is 10.3 Å². The van der Waals surface area contributed by atoms with Gasteiger partial charge >= 0.3 is 0 Å². The standard InChI is InChI=1S/C15H24N2O/c1-12(2)6-8-18-15-5-7-17-14(9-15)11-16-10-13(3)4/h5,7,9,13,16H,1,6,8,10-11H2,2-4H3. The van der Waals surface area contributed by atoms with Gasteiger partial charge in [-0.2, -0.15) is 0 Å². The number of nitrogens with one attached hydrogen (secondary N) is 1. The van der Waals surface area contributed by atoms with Crippen molar-refractivity contribution >= 4 is 0 Å². The zero-order valence-electron chi connectivity index (χ0n) is 11.7. The Balaban J connectivity index is 2.39. The molecule has 0 aliphatic carbocycles. The second-order valence-electron chi connectivity index (χ2n) is 5.06. The Morgan fingerprint density at radius 1 is 1.50 bits per heavy atom. The molecule has 0 aliphatic heterocycles. The van der Waals surface area contributed by atoms with Crippen LogP contribution >= 0.6 is 0 Å². The summed E-state index contributed by atoms with van der Waals surface area (Å²) in [5.41, 5.74) is 2.16. The van der Waals surface area contributed by atoms with E-state index in [-0.39, 0.29) is 0 Å². The Kier molecular flexibility index (Phi) is 6.44. The Morgan fingerprint density at radius 2 is 2.28 bits per heavy atom. The van der Waals surface area contributed by atoms with Crippen LogP contribution in [0.15, 0.2) is 30.5 Å². The number of rotatable bonds is 8. The molecule has 0 aliphatic rings. The van der Waals surface area contributed by atoms with Gasteiger partial charge in [-0.3, -0.25) is 4.98 Å². The van der Waals surface area contributed by atoms with E-state index in [4.69, 9.17) is 4.74 Å². The number of hydrogen-bond donors (Lipinski definition) is 1. The van der Waals surface area contributed by atoms with Gasteiger partial charge in [0, 0.05) is 25.2 Å². The van der Waals surface area contributed by atoms with Gasteiger partial charge < -0.3 is 10.1 Å². The number of ether oxygens (including phenoxy) is 1. The van der Waals surface area contributed by atoms with Crippen LogP contribution in [0.25, 0.3) is 0 Å². The van der Waals surface area contributed by atoms with E-state index in [9.17, 15) is 0 Å². The van der Waals surface area contributed by atoms with Crippen LogP contribution in [0.3, 0.4) is 0 Å². The molecule has 3 heteroatoms. The summed E-state index contributed by atoms with van der Waals surface area (Å²) >= 11 is 0. The summed E-state index contributed by atoms with van der Waals surface area (Å²) in [4.78, 5) is 4.32. The summed E-state index contributed by atoms with van der Waals surface area (Å²) in [6.45, 7) is 12.7. The maximum absolute atomic E-state index is 5.66. The number of aromatic nitrogens is 1. The van der Waals surface area contributed by atoms with Crippen molar-refractivity contribution < 1.29 is 4.74 Å². The fourth-order valence-corrected chi connectivity index (χ4v) is 1.47. The van der Waals surface area contributed by atoms with Gasteiger partial charge in [0.1, 0.15) is 5.75 Å². The molecule has 0 fully saturated rings. The Hall–Kier alpha value is -1.35. The molecule has 1 heterocycles. The summed E-state index contributed by atoms with van der Waals surface area (Å²) < 4.78 is 5.66. The minimum absolute atomic E-state index is 0.653. The van der Waals surface area contributed by atoms with Crippen molar-refractivity contribution in [2.45, 2.75) is 33.7 Å². The van der Waals surface area contributed by atoms with Crippen LogP contribution < -0.4 is 10.1 Å². The highest BCUT2D eigenvalue weighted by Crippen LogP contribution is 2.12. The van der Waals surface area contributed by atoms with Crippen LogP contribution in [0.5, 0.6) is 5.75 Å². The zero-order chi connectivity index (χ0) is 13.4. The molecule has 0 aromatic carbocycles. The van der Waals surface area contributed by atoms with E-state index in [1.165, 1.54) is 0 Å². The average molecular weight is 248 g/mol. The maximum atomic E-state index is 5.66. The van der Waals surface area contributed by atoms with Gasteiger partial charge in [0.05, 0.1) is 12.3 Å². The number of hydrogen-bond acceptors (Lipinski definition) is 3. The second kappa shape index (κ2) is 7.88. The summed E-state index contributed by atoms with van der Waals surface area (Å²) in [7, 11) is 0. The van der Waals surface area contributed by atoms with Gasteiger partial charge in [-0.1, -0.05) is 19.4 Å². The van der Waals surface area contributed by atoms with Crippen molar-refractivity contribution in [3.8, 4) is 5.75 Å². The molecule has 0 atom stereocenters. The fraction of sp³-hybridized carbons (Fsp3) is 0.533. The van der Waals surface area contributed by atoms with Gasteiger partial charge in [-0.25, -0.2) is 0 Å². The fourth-order valence-electron chi connectivity index (χ4n) is 1.47. The molecule has 18 heavy (non-hydrogen) atoms. The first-order chi connectivity index (χ1) is 8.58. The smallest absolute Gasteiger partial charge is 0.122 e. The van der Waals surface area contributed by atoms with Crippen LogP contribution in [0.1, 0.15) is 32.9 Å². The van der Waals surface area contributed by atoms with Crippen LogP contribution in [0, 0.1) is 5.92 Å². The quantitative estimate of drug-likeness (QED) is 0.717. The third-order valence-electron chi connectivity index (χ3n) is 2.44. The molecule has 1 rings (SSSR count). The molecule has 0 amide bonds. The Bertz CT molecular complexity index is 375. The van der Waals surface area contributed by atoms with E-state index >= 15 is 0 Å². The van der Waals surface area contributed by atoms with E-state index in [1.807, 2.05) is 19.1 Å². The molecule has 0 bridgehead atoms. The Morgan fingerprint density at radius 3 is 2.94 bits per heavy atom. The van der Waals surface area contributed by atoms with Crippen LogP contribution in [0.2, 0.25) is 0 Å². The van der Waals surface area contributed by atoms with Crippen molar-refractivity contribution in [2.75, 3.05) is 13.2 Å². The lowest BCUT2D eigenvalue weighted by Gasteiger charge is -2.09. The van der Waals surface area contributed by atoms with Crippen molar-refractivity contribution in [1.29, 1.82) is 0 Å². The van der Waals surface area contributed by atoms with Crippen molar-refractivity contribution in [3.63, 3.8) is 0 Å². The SMILES string of the molecule is C=C(C)CCOc1ccnc(CNCC(C)C)c1. The summed E-state index contributed by atoms with van der Waals surface area (Å²) in [5.74, 6) is 1.53. The molecule has 3 nitrogen and oxygen atoms in total. The molecule has 0 spiro atoms. The largest absolute Gasteiger partial charge is 0.493 e. The molecule has 0 saturated carbocycles. The van der Waals surface area contributed by atoms with E-state index in [0.29, 0.717) is 12.5 Å².